The van der Waals surface area contributed by atoms with Gasteiger partial charge in [0.1, 0.15) is 11.8 Å². The van der Waals surface area contributed by atoms with Crippen LogP contribution in [0, 0.1) is 0 Å². The van der Waals surface area contributed by atoms with E-state index in [4.69, 9.17) is 26.1 Å². The molecule has 122 valence electrons. The molecule has 3 aromatic rings. The predicted molar refractivity (Wildman–Crippen MR) is 96.3 cm³/mol. The first-order chi connectivity index (χ1) is 11.7. The van der Waals surface area contributed by atoms with E-state index in [2.05, 4.69) is 13.8 Å². The highest BCUT2D eigenvalue weighted by atomic mass is 35.5. The molecular formula is C19H18ClN3O. The van der Waals surface area contributed by atoms with Gasteiger partial charge in [-0.1, -0.05) is 30.7 Å². The summed E-state index contributed by atoms with van der Waals surface area (Å²) < 4.78 is 7.66. The second-order valence-electron chi connectivity index (χ2n) is 6.03. The average molecular weight is 340 g/mol. The summed E-state index contributed by atoms with van der Waals surface area (Å²) in [6.45, 7) is 4.18. The number of aryl methyl sites for hydroxylation is 1. The Morgan fingerprint density at radius 1 is 1.25 bits per heavy atom. The van der Waals surface area contributed by atoms with Crippen molar-refractivity contribution in [3.05, 3.63) is 59.1 Å². The molecule has 0 fully saturated rings. The Morgan fingerprint density at radius 3 is 2.71 bits per heavy atom. The SMILES string of the molecule is CCc1nn2c(c1-c1ccc(Cl)cc1)N=C(C)CC2c1ccco1. The summed E-state index contributed by atoms with van der Waals surface area (Å²) in [6, 6.07) is 11.8. The number of aromatic nitrogens is 2. The van der Waals surface area contributed by atoms with Gasteiger partial charge in [-0.2, -0.15) is 5.10 Å². The minimum absolute atomic E-state index is 0.0545. The molecule has 0 saturated carbocycles. The fraction of sp³-hybridized carbons (Fsp3) is 0.263. The van der Waals surface area contributed by atoms with E-state index >= 15 is 0 Å². The van der Waals surface area contributed by atoms with Crippen LogP contribution < -0.4 is 0 Å². The molecule has 1 aliphatic heterocycles. The molecule has 3 heterocycles. The van der Waals surface area contributed by atoms with Gasteiger partial charge in [-0.05, 0) is 43.2 Å². The molecule has 0 spiro atoms. The molecule has 0 bridgehead atoms. The number of furan rings is 1. The molecule has 4 rings (SSSR count). The van der Waals surface area contributed by atoms with Crippen molar-refractivity contribution in [2.75, 3.05) is 0 Å². The number of hydrogen-bond acceptors (Lipinski definition) is 3. The Kier molecular flexibility index (Phi) is 3.77. The van der Waals surface area contributed by atoms with E-state index < -0.39 is 0 Å². The highest BCUT2D eigenvalue weighted by Gasteiger charge is 2.29. The molecule has 0 aliphatic carbocycles. The summed E-state index contributed by atoms with van der Waals surface area (Å²) in [7, 11) is 0. The lowest BCUT2D eigenvalue weighted by Crippen LogP contribution is -2.18. The number of aliphatic imine (C=N–C) groups is 1. The molecule has 1 unspecified atom stereocenters. The zero-order valence-corrected chi connectivity index (χ0v) is 14.4. The van der Waals surface area contributed by atoms with Gasteiger partial charge in [-0.25, -0.2) is 9.67 Å². The van der Waals surface area contributed by atoms with Crippen molar-refractivity contribution in [1.82, 2.24) is 9.78 Å². The highest BCUT2D eigenvalue weighted by Crippen LogP contribution is 2.41. The lowest BCUT2D eigenvalue weighted by Gasteiger charge is -2.21. The zero-order chi connectivity index (χ0) is 16.7. The Hall–Kier alpha value is -2.33. The van der Waals surface area contributed by atoms with Gasteiger partial charge in [0.05, 0.1) is 12.0 Å². The van der Waals surface area contributed by atoms with Crippen molar-refractivity contribution in [2.24, 2.45) is 4.99 Å². The molecule has 0 amide bonds. The number of nitrogens with zero attached hydrogens (tertiary/aromatic N) is 3. The lowest BCUT2D eigenvalue weighted by molar-refractivity contribution is 0.408. The van der Waals surface area contributed by atoms with Gasteiger partial charge in [0, 0.05) is 22.7 Å². The molecule has 0 saturated heterocycles. The molecular weight excluding hydrogens is 322 g/mol. The van der Waals surface area contributed by atoms with Crippen molar-refractivity contribution in [2.45, 2.75) is 32.7 Å². The topological polar surface area (TPSA) is 43.3 Å². The van der Waals surface area contributed by atoms with Gasteiger partial charge in [-0.3, -0.25) is 0 Å². The van der Waals surface area contributed by atoms with E-state index in [0.717, 1.165) is 52.0 Å². The van der Waals surface area contributed by atoms with Crippen molar-refractivity contribution in [1.29, 1.82) is 0 Å². The average Bonchev–Trinajstić information content (AvgIpc) is 3.22. The van der Waals surface area contributed by atoms with Gasteiger partial charge in [0.25, 0.3) is 0 Å². The van der Waals surface area contributed by atoms with Crippen LogP contribution in [-0.2, 0) is 6.42 Å². The quantitative estimate of drug-likeness (QED) is 0.637. The van der Waals surface area contributed by atoms with Crippen LogP contribution in [0.3, 0.4) is 0 Å². The fourth-order valence-corrected chi connectivity index (χ4v) is 3.38. The number of fused-ring (bicyclic) bond motifs is 1. The van der Waals surface area contributed by atoms with Crippen molar-refractivity contribution in [3.63, 3.8) is 0 Å². The third kappa shape index (κ3) is 2.47. The van der Waals surface area contributed by atoms with E-state index in [1.165, 1.54) is 0 Å². The van der Waals surface area contributed by atoms with E-state index in [0.29, 0.717) is 0 Å². The monoisotopic (exact) mass is 339 g/mol. The number of hydrogen-bond donors (Lipinski definition) is 0. The maximum atomic E-state index is 6.04. The lowest BCUT2D eigenvalue weighted by atomic mass is 10.0. The molecule has 5 heteroatoms. The Balaban J connectivity index is 1.92. The molecule has 1 aromatic carbocycles. The van der Waals surface area contributed by atoms with Crippen LogP contribution in [0.2, 0.25) is 5.02 Å². The summed E-state index contributed by atoms with van der Waals surface area (Å²) in [4.78, 5) is 4.82. The maximum absolute atomic E-state index is 6.04. The van der Waals surface area contributed by atoms with Gasteiger partial charge in [0.15, 0.2) is 5.82 Å². The summed E-state index contributed by atoms with van der Waals surface area (Å²) in [5, 5.41) is 5.58. The second kappa shape index (κ2) is 5.95. The molecule has 0 N–H and O–H groups in total. The molecule has 0 radical (unpaired) electrons. The van der Waals surface area contributed by atoms with Crippen LogP contribution in [0.15, 0.2) is 52.1 Å². The minimum atomic E-state index is 0.0545. The number of halogens is 1. The van der Waals surface area contributed by atoms with Crippen LogP contribution >= 0.6 is 11.6 Å². The summed E-state index contributed by atoms with van der Waals surface area (Å²) in [5.74, 6) is 1.82. The maximum Gasteiger partial charge on any atom is 0.159 e. The number of benzene rings is 1. The smallest absolute Gasteiger partial charge is 0.159 e. The number of rotatable bonds is 3. The largest absolute Gasteiger partial charge is 0.467 e. The Bertz CT molecular complexity index is 892. The molecule has 2 aromatic heterocycles. The Labute approximate surface area is 145 Å². The molecule has 1 atom stereocenters. The van der Waals surface area contributed by atoms with Gasteiger partial charge in [-0.15, -0.1) is 0 Å². The van der Waals surface area contributed by atoms with E-state index in [9.17, 15) is 0 Å². The Morgan fingerprint density at radius 2 is 2.04 bits per heavy atom. The fourth-order valence-electron chi connectivity index (χ4n) is 3.25. The third-order valence-electron chi connectivity index (χ3n) is 4.38. The first kappa shape index (κ1) is 15.2. The van der Waals surface area contributed by atoms with E-state index in [1.807, 2.05) is 41.1 Å². The van der Waals surface area contributed by atoms with E-state index in [-0.39, 0.29) is 6.04 Å². The predicted octanol–water partition coefficient (Wildman–Crippen LogP) is 5.44. The van der Waals surface area contributed by atoms with Gasteiger partial charge >= 0.3 is 0 Å². The standard InChI is InChI=1S/C19H18ClN3O/c1-3-15-18(13-6-8-14(20)9-7-13)19-21-12(2)11-16(23(19)22-15)17-5-4-10-24-17/h4-10,16H,3,11H2,1-2H3. The summed E-state index contributed by atoms with van der Waals surface area (Å²) >= 11 is 6.04. The normalized spacial score (nSPS) is 16.8. The first-order valence-electron chi connectivity index (χ1n) is 8.12. The van der Waals surface area contributed by atoms with Crippen LogP contribution in [0.25, 0.3) is 11.1 Å². The molecule has 1 aliphatic rings. The second-order valence-corrected chi connectivity index (χ2v) is 6.47. The molecule has 4 nitrogen and oxygen atoms in total. The van der Waals surface area contributed by atoms with Gasteiger partial charge < -0.3 is 4.42 Å². The first-order valence-corrected chi connectivity index (χ1v) is 8.50. The van der Waals surface area contributed by atoms with Gasteiger partial charge in [0.2, 0.25) is 0 Å². The van der Waals surface area contributed by atoms with E-state index in [1.54, 1.807) is 6.26 Å². The minimum Gasteiger partial charge on any atom is -0.467 e. The van der Waals surface area contributed by atoms with Crippen molar-refractivity contribution >= 4 is 23.1 Å². The summed E-state index contributed by atoms with van der Waals surface area (Å²) in [6.07, 6.45) is 3.36. The van der Waals surface area contributed by atoms with Crippen molar-refractivity contribution < 1.29 is 4.42 Å². The zero-order valence-electron chi connectivity index (χ0n) is 13.7. The molecule has 24 heavy (non-hydrogen) atoms. The summed E-state index contributed by atoms with van der Waals surface area (Å²) in [5.41, 5.74) is 4.31. The van der Waals surface area contributed by atoms with Crippen LogP contribution in [-0.4, -0.2) is 15.5 Å². The van der Waals surface area contributed by atoms with Crippen LogP contribution in [0.4, 0.5) is 5.82 Å². The highest BCUT2D eigenvalue weighted by molar-refractivity contribution is 6.30. The van der Waals surface area contributed by atoms with Crippen molar-refractivity contribution in [3.8, 4) is 11.1 Å². The third-order valence-corrected chi connectivity index (χ3v) is 4.63. The van der Waals surface area contributed by atoms with Crippen LogP contribution in [0.5, 0.6) is 0 Å². The van der Waals surface area contributed by atoms with Crippen LogP contribution in [0.1, 0.15) is 37.8 Å².